The van der Waals surface area contributed by atoms with E-state index in [-0.39, 0.29) is 11.1 Å². The third-order valence-electron chi connectivity index (χ3n) is 5.31. The van der Waals surface area contributed by atoms with Crippen LogP contribution >= 0.6 is 0 Å². The molecule has 0 spiro atoms. The van der Waals surface area contributed by atoms with Crippen LogP contribution in [0.2, 0.25) is 0 Å². The molecular weight excluding hydrogens is 246 g/mol. The Morgan fingerprint density at radius 2 is 1.70 bits per heavy atom. The van der Waals surface area contributed by atoms with E-state index in [4.69, 9.17) is 4.74 Å². The molecule has 0 aromatic rings. The molecule has 0 bridgehead atoms. The summed E-state index contributed by atoms with van der Waals surface area (Å²) >= 11 is 0. The summed E-state index contributed by atoms with van der Waals surface area (Å²) in [6, 6.07) is 0.614. The van der Waals surface area contributed by atoms with Crippen LogP contribution in [0.3, 0.4) is 0 Å². The van der Waals surface area contributed by atoms with Gasteiger partial charge in [-0.3, -0.25) is 4.90 Å². The lowest BCUT2D eigenvalue weighted by atomic mass is 9.71. The maximum absolute atomic E-state index is 6.35. The number of hydrogen-bond donors (Lipinski definition) is 0. The van der Waals surface area contributed by atoms with Gasteiger partial charge in [0.1, 0.15) is 0 Å². The molecule has 1 heterocycles. The molecule has 20 heavy (non-hydrogen) atoms. The SMILES string of the molecule is CCOC1(C2CC2)CCN(C(C)(C)C)C(C(C)(C)C)C1. The largest absolute Gasteiger partial charge is 0.375 e. The van der Waals surface area contributed by atoms with Crippen molar-refractivity contribution in [1.82, 2.24) is 4.90 Å². The van der Waals surface area contributed by atoms with Crippen molar-refractivity contribution in [1.29, 1.82) is 0 Å². The second-order valence-corrected chi connectivity index (χ2v) is 8.97. The first-order valence-electron chi connectivity index (χ1n) is 8.51. The number of nitrogens with zero attached hydrogens (tertiary/aromatic N) is 1. The molecule has 1 aliphatic carbocycles. The highest BCUT2D eigenvalue weighted by Crippen LogP contribution is 2.51. The summed E-state index contributed by atoms with van der Waals surface area (Å²) < 4.78 is 6.35. The molecule has 0 N–H and O–H groups in total. The Hall–Kier alpha value is -0.0800. The molecule has 0 amide bonds. The van der Waals surface area contributed by atoms with E-state index in [0.717, 1.165) is 12.5 Å². The van der Waals surface area contributed by atoms with Crippen molar-refractivity contribution < 1.29 is 4.74 Å². The minimum atomic E-state index is 0.175. The van der Waals surface area contributed by atoms with E-state index in [1.165, 1.54) is 32.2 Å². The first-order valence-corrected chi connectivity index (χ1v) is 8.51. The second-order valence-electron chi connectivity index (χ2n) is 8.97. The van der Waals surface area contributed by atoms with Crippen molar-refractivity contribution in [3.05, 3.63) is 0 Å². The number of likely N-dealkylation sites (tertiary alicyclic amines) is 1. The van der Waals surface area contributed by atoms with Gasteiger partial charge in [-0.05, 0) is 64.7 Å². The monoisotopic (exact) mass is 281 g/mol. The van der Waals surface area contributed by atoms with Crippen LogP contribution in [0.1, 0.15) is 74.1 Å². The molecule has 2 unspecified atom stereocenters. The Balaban J connectivity index is 2.24. The smallest absolute Gasteiger partial charge is 0.0737 e. The third kappa shape index (κ3) is 3.22. The van der Waals surface area contributed by atoms with Gasteiger partial charge in [-0.15, -0.1) is 0 Å². The van der Waals surface area contributed by atoms with E-state index >= 15 is 0 Å². The first kappa shape index (κ1) is 16.3. The van der Waals surface area contributed by atoms with E-state index in [1.54, 1.807) is 0 Å². The molecule has 0 radical (unpaired) electrons. The van der Waals surface area contributed by atoms with Crippen LogP contribution in [-0.2, 0) is 4.74 Å². The molecule has 2 atom stereocenters. The Bertz CT molecular complexity index is 334. The summed E-state index contributed by atoms with van der Waals surface area (Å²) in [6.07, 6.45) is 5.19. The molecule has 1 aliphatic heterocycles. The number of hydrogen-bond acceptors (Lipinski definition) is 2. The van der Waals surface area contributed by atoms with Gasteiger partial charge in [0, 0.05) is 24.7 Å². The van der Waals surface area contributed by atoms with E-state index < -0.39 is 0 Å². The van der Waals surface area contributed by atoms with Gasteiger partial charge in [0.05, 0.1) is 5.60 Å². The van der Waals surface area contributed by atoms with Gasteiger partial charge >= 0.3 is 0 Å². The van der Waals surface area contributed by atoms with Gasteiger partial charge in [0.15, 0.2) is 0 Å². The quantitative estimate of drug-likeness (QED) is 0.756. The summed E-state index contributed by atoms with van der Waals surface area (Å²) in [5.74, 6) is 0.828. The molecule has 2 nitrogen and oxygen atoms in total. The highest BCUT2D eigenvalue weighted by molar-refractivity contribution is 5.06. The fourth-order valence-corrected chi connectivity index (χ4v) is 4.10. The van der Waals surface area contributed by atoms with Crippen LogP contribution in [0.15, 0.2) is 0 Å². The van der Waals surface area contributed by atoms with Gasteiger partial charge in [0.2, 0.25) is 0 Å². The average molecular weight is 281 g/mol. The molecule has 1 saturated carbocycles. The summed E-state index contributed by atoms with van der Waals surface area (Å²) in [5, 5.41) is 0. The fraction of sp³-hybridized carbons (Fsp3) is 1.00. The molecule has 2 heteroatoms. The van der Waals surface area contributed by atoms with Crippen LogP contribution < -0.4 is 0 Å². The van der Waals surface area contributed by atoms with Gasteiger partial charge in [0.25, 0.3) is 0 Å². The maximum Gasteiger partial charge on any atom is 0.0737 e. The average Bonchev–Trinajstić information content (AvgIpc) is 3.10. The predicted octanol–water partition coefficient (Wildman–Crippen LogP) is 4.48. The standard InChI is InChI=1S/C18H35NO/c1-8-20-18(14-9-10-14)11-12-19(17(5,6)7)15(13-18)16(2,3)4/h14-15H,8-13H2,1-7H3. The third-order valence-corrected chi connectivity index (χ3v) is 5.31. The van der Waals surface area contributed by atoms with Gasteiger partial charge in [-0.1, -0.05) is 20.8 Å². The Kier molecular flexibility index (Phi) is 4.30. The maximum atomic E-state index is 6.35. The summed E-state index contributed by atoms with van der Waals surface area (Å²) in [5.41, 5.74) is 0.735. The van der Waals surface area contributed by atoms with Crippen molar-refractivity contribution in [3.63, 3.8) is 0 Å². The lowest BCUT2D eigenvalue weighted by Crippen LogP contribution is -2.61. The van der Waals surface area contributed by atoms with E-state index in [2.05, 4.69) is 53.4 Å². The fourth-order valence-electron chi connectivity index (χ4n) is 4.10. The predicted molar refractivity (Wildman–Crippen MR) is 86.0 cm³/mol. The lowest BCUT2D eigenvalue weighted by molar-refractivity contribution is -0.141. The van der Waals surface area contributed by atoms with Crippen molar-refractivity contribution in [2.75, 3.05) is 13.2 Å². The van der Waals surface area contributed by atoms with E-state index in [0.29, 0.717) is 11.5 Å². The molecule has 0 aromatic heterocycles. The molecule has 2 fully saturated rings. The highest BCUT2D eigenvalue weighted by atomic mass is 16.5. The summed E-state index contributed by atoms with van der Waals surface area (Å²) in [4.78, 5) is 2.73. The van der Waals surface area contributed by atoms with Crippen molar-refractivity contribution >= 4 is 0 Å². The first-order chi connectivity index (χ1) is 9.10. The van der Waals surface area contributed by atoms with Crippen LogP contribution in [0, 0.1) is 11.3 Å². The Morgan fingerprint density at radius 1 is 1.10 bits per heavy atom. The highest BCUT2D eigenvalue weighted by Gasteiger charge is 2.53. The molecule has 0 aromatic carbocycles. The van der Waals surface area contributed by atoms with Gasteiger partial charge in [-0.2, -0.15) is 0 Å². The molecule has 118 valence electrons. The minimum absolute atomic E-state index is 0.175. The molecule has 1 saturated heterocycles. The van der Waals surface area contributed by atoms with Crippen molar-refractivity contribution in [2.45, 2.75) is 91.3 Å². The number of piperidine rings is 1. The zero-order valence-electron chi connectivity index (χ0n) is 14.8. The second kappa shape index (κ2) is 5.28. The Morgan fingerprint density at radius 3 is 2.10 bits per heavy atom. The normalized spacial score (nSPS) is 33.5. The van der Waals surface area contributed by atoms with Crippen LogP contribution in [-0.4, -0.2) is 35.2 Å². The van der Waals surface area contributed by atoms with Gasteiger partial charge < -0.3 is 4.74 Å². The zero-order valence-corrected chi connectivity index (χ0v) is 14.8. The van der Waals surface area contributed by atoms with Crippen LogP contribution in [0.25, 0.3) is 0 Å². The lowest BCUT2D eigenvalue weighted by Gasteiger charge is -2.55. The topological polar surface area (TPSA) is 12.5 Å². The van der Waals surface area contributed by atoms with E-state index in [1.807, 2.05) is 0 Å². The van der Waals surface area contributed by atoms with Crippen molar-refractivity contribution in [2.24, 2.45) is 11.3 Å². The summed E-state index contributed by atoms with van der Waals surface area (Å²) in [6.45, 7) is 18.5. The van der Waals surface area contributed by atoms with Crippen LogP contribution in [0.5, 0.6) is 0 Å². The molecular formula is C18H35NO. The van der Waals surface area contributed by atoms with E-state index in [9.17, 15) is 0 Å². The number of ether oxygens (including phenoxy) is 1. The minimum Gasteiger partial charge on any atom is -0.375 e. The zero-order chi connectivity index (χ0) is 15.2. The summed E-state index contributed by atoms with van der Waals surface area (Å²) in [7, 11) is 0. The molecule has 2 aliphatic rings. The number of rotatable bonds is 3. The van der Waals surface area contributed by atoms with Crippen molar-refractivity contribution in [3.8, 4) is 0 Å². The van der Waals surface area contributed by atoms with Crippen LogP contribution in [0.4, 0.5) is 0 Å². The Labute approximate surface area is 126 Å². The van der Waals surface area contributed by atoms with Gasteiger partial charge in [-0.25, -0.2) is 0 Å². The molecule has 2 rings (SSSR count).